The lowest BCUT2D eigenvalue weighted by molar-refractivity contribution is 0.0656. The summed E-state index contributed by atoms with van der Waals surface area (Å²) < 4.78 is 5.56. The van der Waals surface area contributed by atoms with E-state index >= 15 is 0 Å². The third kappa shape index (κ3) is 4.05. The first-order valence-electron chi connectivity index (χ1n) is 7.63. The molecule has 1 saturated heterocycles. The van der Waals surface area contributed by atoms with Crippen molar-refractivity contribution < 1.29 is 9.53 Å². The molecule has 21 heavy (non-hydrogen) atoms. The zero-order valence-electron chi connectivity index (χ0n) is 13.3. The second-order valence-corrected chi connectivity index (χ2v) is 6.55. The van der Waals surface area contributed by atoms with E-state index in [4.69, 9.17) is 10.5 Å². The highest BCUT2D eigenvalue weighted by atomic mass is 16.5. The fourth-order valence-electron chi connectivity index (χ4n) is 2.55. The average molecular weight is 290 g/mol. The van der Waals surface area contributed by atoms with E-state index in [1.54, 1.807) is 0 Å². The highest BCUT2D eigenvalue weighted by Gasteiger charge is 2.35. The van der Waals surface area contributed by atoms with E-state index in [0.717, 1.165) is 30.6 Å². The fourth-order valence-corrected chi connectivity index (χ4v) is 2.55. The summed E-state index contributed by atoms with van der Waals surface area (Å²) in [7, 11) is 0. The van der Waals surface area contributed by atoms with Gasteiger partial charge in [-0.2, -0.15) is 0 Å². The van der Waals surface area contributed by atoms with Gasteiger partial charge in [-0.15, -0.1) is 0 Å². The predicted octanol–water partition coefficient (Wildman–Crippen LogP) is 2.42. The number of hydrogen-bond acceptors (Lipinski definition) is 3. The molecular formula is C17H26N2O2. The minimum absolute atomic E-state index is 0.0701. The standard InChI is InChI=1S/C17H26N2O2/c1-13(2)21-10-14-4-6-15(7-5-14)16(20)19-9-8-17(3,11-18)12-19/h4-7,13H,8-12,18H2,1-3H3. The molecule has 1 atom stereocenters. The smallest absolute Gasteiger partial charge is 0.253 e. The highest BCUT2D eigenvalue weighted by molar-refractivity contribution is 5.94. The van der Waals surface area contributed by atoms with Crippen LogP contribution in [0.4, 0.5) is 0 Å². The molecule has 0 spiro atoms. The van der Waals surface area contributed by atoms with Crippen LogP contribution in [0.2, 0.25) is 0 Å². The normalized spacial score (nSPS) is 22.0. The minimum atomic E-state index is 0.0701. The number of benzene rings is 1. The van der Waals surface area contributed by atoms with Crippen LogP contribution in [0.25, 0.3) is 0 Å². The zero-order chi connectivity index (χ0) is 15.5. The van der Waals surface area contributed by atoms with Crippen LogP contribution in [-0.4, -0.2) is 36.5 Å². The summed E-state index contributed by atoms with van der Waals surface area (Å²) in [4.78, 5) is 14.4. The molecule has 0 bridgehead atoms. The number of carbonyl (C=O) groups is 1. The predicted molar refractivity (Wildman–Crippen MR) is 84.0 cm³/mol. The maximum Gasteiger partial charge on any atom is 0.253 e. The van der Waals surface area contributed by atoms with Gasteiger partial charge in [0.05, 0.1) is 12.7 Å². The Kier molecular flexibility index (Phi) is 5.01. The summed E-state index contributed by atoms with van der Waals surface area (Å²) >= 11 is 0. The van der Waals surface area contributed by atoms with Gasteiger partial charge in [-0.3, -0.25) is 4.79 Å². The Morgan fingerprint density at radius 3 is 2.57 bits per heavy atom. The van der Waals surface area contributed by atoms with Gasteiger partial charge in [-0.05, 0) is 49.9 Å². The molecule has 0 radical (unpaired) electrons. The zero-order valence-corrected chi connectivity index (χ0v) is 13.3. The van der Waals surface area contributed by atoms with Gasteiger partial charge in [0, 0.05) is 18.7 Å². The number of carbonyl (C=O) groups excluding carboxylic acids is 1. The van der Waals surface area contributed by atoms with Crippen molar-refractivity contribution in [3.8, 4) is 0 Å². The molecule has 1 aromatic rings. The number of nitrogens with two attached hydrogens (primary N) is 1. The third-order valence-corrected chi connectivity index (χ3v) is 4.12. The molecule has 1 heterocycles. The van der Waals surface area contributed by atoms with Crippen molar-refractivity contribution in [2.24, 2.45) is 11.1 Å². The average Bonchev–Trinajstić information content (AvgIpc) is 2.88. The van der Waals surface area contributed by atoms with Crippen molar-refractivity contribution in [2.75, 3.05) is 19.6 Å². The first-order valence-corrected chi connectivity index (χ1v) is 7.63. The van der Waals surface area contributed by atoms with E-state index in [1.165, 1.54) is 0 Å². The van der Waals surface area contributed by atoms with E-state index in [2.05, 4.69) is 6.92 Å². The highest BCUT2D eigenvalue weighted by Crippen LogP contribution is 2.29. The molecule has 0 aromatic heterocycles. The SMILES string of the molecule is CC(C)OCc1ccc(C(=O)N2CCC(C)(CN)C2)cc1. The quantitative estimate of drug-likeness (QED) is 0.906. The second kappa shape index (κ2) is 6.58. The van der Waals surface area contributed by atoms with Gasteiger partial charge in [-0.1, -0.05) is 19.1 Å². The Hall–Kier alpha value is -1.39. The van der Waals surface area contributed by atoms with Gasteiger partial charge < -0.3 is 15.4 Å². The Morgan fingerprint density at radius 1 is 1.38 bits per heavy atom. The van der Waals surface area contributed by atoms with Crippen molar-refractivity contribution >= 4 is 5.91 Å². The fraction of sp³-hybridized carbons (Fsp3) is 0.588. The van der Waals surface area contributed by atoms with Crippen LogP contribution in [0.15, 0.2) is 24.3 Å². The van der Waals surface area contributed by atoms with Gasteiger partial charge >= 0.3 is 0 Å². The van der Waals surface area contributed by atoms with Crippen molar-refractivity contribution in [2.45, 2.75) is 39.9 Å². The summed E-state index contributed by atoms with van der Waals surface area (Å²) in [6, 6.07) is 7.71. The Balaban J connectivity index is 1.97. The Bertz CT molecular complexity index is 484. The van der Waals surface area contributed by atoms with Gasteiger partial charge in [0.15, 0.2) is 0 Å². The lowest BCUT2D eigenvalue weighted by Crippen LogP contribution is -2.34. The van der Waals surface area contributed by atoms with Crippen LogP contribution in [0.5, 0.6) is 0 Å². The van der Waals surface area contributed by atoms with Crippen molar-refractivity contribution in [1.29, 1.82) is 0 Å². The van der Waals surface area contributed by atoms with Crippen LogP contribution in [0, 0.1) is 5.41 Å². The van der Waals surface area contributed by atoms with Crippen molar-refractivity contribution in [3.05, 3.63) is 35.4 Å². The van der Waals surface area contributed by atoms with Crippen LogP contribution in [0.1, 0.15) is 43.1 Å². The number of ether oxygens (including phenoxy) is 1. The number of hydrogen-bond donors (Lipinski definition) is 1. The molecule has 0 saturated carbocycles. The lowest BCUT2D eigenvalue weighted by atomic mass is 9.90. The maximum atomic E-state index is 12.5. The van der Waals surface area contributed by atoms with Crippen molar-refractivity contribution in [3.63, 3.8) is 0 Å². The summed E-state index contributed by atoms with van der Waals surface area (Å²) in [5.41, 5.74) is 7.70. The molecule has 1 aliphatic rings. The first kappa shape index (κ1) is 16.0. The lowest BCUT2D eigenvalue weighted by Gasteiger charge is -2.22. The van der Waals surface area contributed by atoms with Gasteiger partial charge in [0.1, 0.15) is 0 Å². The molecule has 4 nitrogen and oxygen atoms in total. The third-order valence-electron chi connectivity index (χ3n) is 4.12. The number of rotatable bonds is 5. The second-order valence-electron chi connectivity index (χ2n) is 6.55. The van der Waals surface area contributed by atoms with E-state index in [9.17, 15) is 4.79 Å². The summed E-state index contributed by atoms with van der Waals surface area (Å²) in [5, 5.41) is 0. The van der Waals surface area contributed by atoms with E-state index < -0.39 is 0 Å². The first-order chi connectivity index (χ1) is 9.93. The molecule has 0 aliphatic carbocycles. The van der Waals surface area contributed by atoms with Crippen LogP contribution < -0.4 is 5.73 Å². The number of nitrogens with zero attached hydrogens (tertiary/aromatic N) is 1. The maximum absolute atomic E-state index is 12.5. The molecule has 2 rings (SSSR count). The largest absolute Gasteiger partial charge is 0.374 e. The summed E-state index contributed by atoms with van der Waals surface area (Å²) in [6.07, 6.45) is 1.19. The Morgan fingerprint density at radius 2 is 2.05 bits per heavy atom. The number of amides is 1. The van der Waals surface area contributed by atoms with Gasteiger partial charge in [0.2, 0.25) is 0 Å². The molecule has 1 aliphatic heterocycles. The monoisotopic (exact) mass is 290 g/mol. The summed E-state index contributed by atoms with van der Waals surface area (Å²) in [5.74, 6) is 0.100. The molecular weight excluding hydrogens is 264 g/mol. The van der Waals surface area contributed by atoms with Crippen molar-refractivity contribution in [1.82, 2.24) is 4.90 Å². The molecule has 116 valence electrons. The minimum Gasteiger partial charge on any atom is -0.374 e. The molecule has 2 N–H and O–H groups in total. The summed E-state index contributed by atoms with van der Waals surface area (Å²) in [6.45, 7) is 8.93. The van der Waals surface area contributed by atoms with E-state index in [-0.39, 0.29) is 17.4 Å². The van der Waals surface area contributed by atoms with Crippen LogP contribution in [0.3, 0.4) is 0 Å². The molecule has 4 heteroatoms. The van der Waals surface area contributed by atoms with Crippen LogP contribution >= 0.6 is 0 Å². The molecule has 1 aromatic carbocycles. The van der Waals surface area contributed by atoms with E-state index in [1.807, 2.05) is 43.0 Å². The molecule has 1 amide bonds. The number of likely N-dealkylation sites (tertiary alicyclic amines) is 1. The van der Waals surface area contributed by atoms with E-state index in [0.29, 0.717) is 13.2 Å². The molecule has 1 fully saturated rings. The van der Waals surface area contributed by atoms with Crippen LogP contribution in [-0.2, 0) is 11.3 Å². The van der Waals surface area contributed by atoms with Gasteiger partial charge in [0.25, 0.3) is 5.91 Å². The molecule has 1 unspecified atom stereocenters. The Labute approximate surface area is 127 Å². The topological polar surface area (TPSA) is 55.6 Å². The van der Waals surface area contributed by atoms with Gasteiger partial charge in [-0.25, -0.2) is 0 Å².